The average Bonchev–Trinajstić information content (AvgIpc) is 2.71. The van der Waals surface area contributed by atoms with E-state index >= 15 is 0 Å². The first-order valence-corrected chi connectivity index (χ1v) is 4.89. The maximum absolute atomic E-state index is 10.7. The van der Waals surface area contributed by atoms with Crippen molar-refractivity contribution in [1.29, 1.82) is 0 Å². The van der Waals surface area contributed by atoms with Crippen molar-refractivity contribution < 1.29 is 8.76 Å². The lowest BCUT2D eigenvalue weighted by atomic mass is 10.2. The SMILES string of the molecule is O=S(O)c1ccc(C2N=NN=N2)cc1. The van der Waals surface area contributed by atoms with Gasteiger partial charge in [-0.2, -0.15) is 0 Å². The summed E-state index contributed by atoms with van der Waals surface area (Å²) in [5.41, 5.74) is 0.796. The molecule has 0 spiro atoms. The molecule has 1 atom stereocenters. The molecule has 0 aromatic heterocycles. The van der Waals surface area contributed by atoms with Crippen molar-refractivity contribution in [3.05, 3.63) is 29.8 Å². The van der Waals surface area contributed by atoms with Crippen LogP contribution in [0.5, 0.6) is 0 Å². The zero-order valence-corrected chi connectivity index (χ0v) is 7.76. The van der Waals surface area contributed by atoms with Crippen LogP contribution in [0.25, 0.3) is 0 Å². The van der Waals surface area contributed by atoms with E-state index in [1.807, 2.05) is 0 Å². The van der Waals surface area contributed by atoms with Gasteiger partial charge in [-0.05, 0) is 22.6 Å². The topological polar surface area (TPSA) is 86.7 Å². The standard InChI is InChI=1S/C7H6N4O2S/c12-14(13)6-3-1-5(2-4-6)7-8-10-11-9-7/h1-4,7H,(H,12,13). The molecular formula is C7H6N4O2S. The summed E-state index contributed by atoms with van der Waals surface area (Å²) in [6, 6.07) is 6.46. The van der Waals surface area contributed by atoms with Gasteiger partial charge < -0.3 is 4.55 Å². The number of hydrogen-bond donors (Lipinski definition) is 1. The summed E-state index contributed by atoms with van der Waals surface area (Å²) in [5.74, 6) is 0. The summed E-state index contributed by atoms with van der Waals surface area (Å²) in [5, 5.41) is 14.2. The fourth-order valence-electron chi connectivity index (χ4n) is 1.06. The molecule has 7 heteroatoms. The van der Waals surface area contributed by atoms with Crippen LogP contribution in [-0.2, 0) is 11.1 Å². The largest absolute Gasteiger partial charge is 0.302 e. The number of benzene rings is 1. The smallest absolute Gasteiger partial charge is 0.210 e. The van der Waals surface area contributed by atoms with Crippen molar-refractivity contribution in [2.45, 2.75) is 11.1 Å². The molecule has 0 fully saturated rings. The average molecular weight is 210 g/mol. The molecule has 0 saturated heterocycles. The van der Waals surface area contributed by atoms with Crippen molar-refractivity contribution in [3.63, 3.8) is 0 Å². The van der Waals surface area contributed by atoms with Gasteiger partial charge in [-0.15, -0.1) is 10.2 Å². The predicted molar refractivity (Wildman–Crippen MR) is 47.9 cm³/mol. The van der Waals surface area contributed by atoms with Crippen molar-refractivity contribution in [3.8, 4) is 0 Å². The van der Waals surface area contributed by atoms with Crippen molar-refractivity contribution in [2.75, 3.05) is 0 Å². The molecule has 0 bridgehead atoms. The minimum absolute atomic E-state index is 0.348. The summed E-state index contributed by atoms with van der Waals surface area (Å²) in [4.78, 5) is 0.348. The van der Waals surface area contributed by atoms with E-state index in [1.165, 1.54) is 0 Å². The molecule has 0 aliphatic carbocycles. The Morgan fingerprint density at radius 1 is 1.14 bits per heavy atom. The van der Waals surface area contributed by atoms with E-state index < -0.39 is 17.2 Å². The first-order chi connectivity index (χ1) is 6.77. The Labute approximate surface area is 82.0 Å². The van der Waals surface area contributed by atoms with E-state index in [0.717, 1.165) is 5.56 Å². The Kier molecular flexibility index (Phi) is 2.42. The zero-order chi connectivity index (χ0) is 9.97. The lowest BCUT2D eigenvalue weighted by Crippen LogP contribution is -1.91. The van der Waals surface area contributed by atoms with E-state index in [9.17, 15) is 4.21 Å². The molecule has 1 aliphatic rings. The highest BCUT2D eigenvalue weighted by molar-refractivity contribution is 7.79. The van der Waals surface area contributed by atoms with Gasteiger partial charge in [0.25, 0.3) is 0 Å². The molecule has 0 radical (unpaired) electrons. The molecule has 1 heterocycles. The van der Waals surface area contributed by atoms with Crippen LogP contribution in [0.4, 0.5) is 0 Å². The monoisotopic (exact) mass is 210 g/mol. The van der Waals surface area contributed by atoms with Crippen LogP contribution in [0, 0.1) is 0 Å². The van der Waals surface area contributed by atoms with E-state index in [0.29, 0.717) is 4.90 Å². The molecule has 0 amide bonds. The highest BCUT2D eigenvalue weighted by Crippen LogP contribution is 2.24. The summed E-state index contributed by atoms with van der Waals surface area (Å²) in [7, 11) is 0. The second kappa shape index (κ2) is 3.72. The molecule has 1 unspecified atom stereocenters. The molecule has 14 heavy (non-hydrogen) atoms. The highest BCUT2D eigenvalue weighted by Gasteiger charge is 2.12. The summed E-state index contributed by atoms with van der Waals surface area (Å²) in [6.07, 6.45) is -0.406. The molecule has 0 saturated carbocycles. The van der Waals surface area contributed by atoms with Gasteiger partial charge in [-0.3, -0.25) is 0 Å². The van der Waals surface area contributed by atoms with Crippen molar-refractivity contribution in [2.24, 2.45) is 20.7 Å². The Morgan fingerprint density at radius 3 is 2.21 bits per heavy atom. The fourth-order valence-corrected chi connectivity index (χ4v) is 1.43. The molecule has 1 aliphatic heterocycles. The third-order valence-corrected chi connectivity index (χ3v) is 2.42. The van der Waals surface area contributed by atoms with Crippen LogP contribution in [0.2, 0.25) is 0 Å². The molecule has 2 rings (SSSR count). The first kappa shape index (κ1) is 9.10. The van der Waals surface area contributed by atoms with Gasteiger partial charge in [0.15, 0.2) is 11.1 Å². The van der Waals surface area contributed by atoms with Crippen LogP contribution in [-0.4, -0.2) is 8.76 Å². The maximum atomic E-state index is 10.7. The van der Waals surface area contributed by atoms with Crippen molar-refractivity contribution in [1.82, 2.24) is 0 Å². The van der Waals surface area contributed by atoms with Gasteiger partial charge in [-0.25, -0.2) is 4.21 Å². The summed E-state index contributed by atoms with van der Waals surface area (Å²) < 4.78 is 19.4. The third-order valence-electron chi connectivity index (χ3n) is 1.74. The molecule has 1 aromatic rings. The quantitative estimate of drug-likeness (QED) is 0.757. The highest BCUT2D eigenvalue weighted by atomic mass is 32.2. The van der Waals surface area contributed by atoms with Gasteiger partial charge in [0.2, 0.25) is 6.17 Å². The Bertz CT molecular complexity index is 402. The molecule has 72 valence electrons. The van der Waals surface area contributed by atoms with E-state index in [2.05, 4.69) is 20.7 Å². The van der Waals surface area contributed by atoms with Crippen molar-refractivity contribution >= 4 is 11.1 Å². The van der Waals surface area contributed by atoms with Crippen LogP contribution in [0.15, 0.2) is 49.8 Å². The lowest BCUT2D eigenvalue weighted by molar-refractivity contribution is 0.564. The second-order valence-electron chi connectivity index (χ2n) is 2.60. The molecule has 6 nitrogen and oxygen atoms in total. The Balaban J connectivity index is 2.25. The minimum Gasteiger partial charge on any atom is -0.302 e. The van der Waals surface area contributed by atoms with Crippen LogP contribution in [0.1, 0.15) is 11.7 Å². The van der Waals surface area contributed by atoms with Gasteiger partial charge in [-0.1, -0.05) is 12.1 Å². The van der Waals surface area contributed by atoms with E-state index in [4.69, 9.17) is 4.55 Å². The van der Waals surface area contributed by atoms with Gasteiger partial charge >= 0.3 is 0 Å². The molecular weight excluding hydrogens is 204 g/mol. The first-order valence-electron chi connectivity index (χ1n) is 3.78. The van der Waals surface area contributed by atoms with Crippen LogP contribution in [0.3, 0.4) is 0 Å². The zero-order valence-electron chi connectivity index (χ0n) is 6.94. The Hall–Kier alpha value is -1.47. The van der Waals surface area contributed by atoms with Crippen LogP contribution < -0.4 is 0 Å². The fraction of sp³-hybridized carbons (Fsp3) is 0.143. The normalized spacial score (nSPS) is 17.5. The van der Waals surface area contributed by atoms with E-state index in [1.54, 1.807) is 24.3 Å². The second-order valence-corrected chi connectivity index (χ2v) is 3.57. The van der Waals surface area contributed by atoms with Gasteiger partial charge in [0.1, 0.15) is 0 Å². The minimum atomic E-state index is -1.95. The molecule has 1 aromatic carbocycles. The Morgan fingerprint density at radius 2 is 1.71 bits per heavy atom. The summed E-state index contributed by atoms with van der Waals surface area (Å²) >= 11 is -1.95. The van der Waals surface area contributed by atoms with Gasteiger partial charge in [0.05, 0.1) is 4.90 Å². The van der Waals surface area contributed by atoms with Gasteiger partial charge in [0, 0.05) is 5.56 Å². The third kappa shape index (κ3) is 1.73. The number of rotatable bonds is 2. The number of hydrogen-bond acceptors (Lipinski definition) is 5. The van der Waals surface area contributed by atoms with E-state index in [-0.39, 0.29) is 0 Å². The molecule has 1 N–H and O–H groups in total. The summed E-state index contributed by atoms with van der Waals surface area (Å²) in [6.45, 7) is 0. The maximum Gasteiger partial charge on any atom is 0.210 e. The van der Waals surface area contributed by atoms with Crippen LogP contribution >= 0.6 is 0 Å². The number of nitrogens with zero attached hydrogens (tertiary/aromatic N) is 4. The predicted octanol–water partition coefficient (Wildman–Crippen LogP) is 2.10. The lowest BCUT2D eigenvalue weighted by Gasteiger charge is -2.01.